The lowest BCUT2D eigenvalue weighted by Gasteiger charge is -2.13. The van der Waals surface area contributed by atoms with Crippen LogP contribution in [-0.4, -0.2) is 30.4 Å². The number of rotatable bonds is 9. The Morgan fingerprint density at radius 2 is 1.89 bits per heavy atom. The van der Waals surface area contributed by atoms with Gasteiger partial charge in [0.2, 0.25) is 5.91 Å². The standard InChI is InChI=1S/C20H20F3NO3S/c1-24-19(26)18(28-13-25)12-15-5-7-17(8-6-15)27-10-9-14-3-2-4-16(11-14)20(21,22)23/h2-8,11,13,18H,9-10,12H2,1H3,(H,24,26). The van der Waals surface area contributed by atoms with Gasteiger partial charge in [-0.25, -0.2) is 0 Å². The molecule has 0 fully saturated rings. The van der Waals surface area contributed by atoms with Crippen molar-refractivity contribution in [1.82, 2.24) is 5.32 Å². The van der Waals surface area contributed by atoms with Crippen LogP contribution in [0, 0.1) is 0 Å². The molecule has 1 unspecified atom stereocenters. The summed E-state index contributed by atoms with van der Waals surface area (Å²) in [5.74, 6) is 0.355. The molecule has 150 valence electrons. The summed E-state index contributed by atoms with van der Waals surface area (Å²) in [6, 6.07) is 12.2. The number of benzene rings is 2. The van der Waals surface area contributed by atoms with E-state index in [0.29, 0.717) is 29.8 Å². The minimum absolute atomic E-state index is 0.224. The number of carbonyl (C=O) groups is 2. The average molecular weight is 411 g/mol. The minimum Gasteiger partial charge on any atom is -0.493 e. The van der Waals surface area contributed by atoms with Crippen LogP contribution in [0.25, 0.3) is 0 Å². The van der Waals surface area contributed by atoms with Crippen molar-refractivity contribution in [3.63, 3.8) is 0 Å². The van der Waals surface area contributed by atoms with Gasteiger partial charge in [-0.3, -0.25) is 9.59 Å². The summed E-state index contributed by atoms with van der Waals surface area (Å²) in [6.07, 6.45) is -3.62. The molecule has 0 spiro atoms. The van der Waals surface area contributed by atoms with Crippen molar-refractivity contribution < 1.29 is 27.5 Å². The zero-order valence-corrected chi connectivity index (χ0v) is 16.0. The number of hydrogen-bond donors (Lipinski definition) is 1. The van der Waals surface area contributed by atoms with Crippen LogP contribution in [0.3, 0.4) is 0 Å². The van der Waals surface area contributed by atoms with E-state index in [4.69, 9.17) is 4.74 Å². The molecule has 2 aromatic rings. The van der Waals surface area contributed by atoms with Crippen molar-refractivity contribution in [1.29, 1.82) is 0 Å². The summed E-state index contributed by atoms with van der Waals surface area (Å²) in [5.41, 5.74) is 1.39. The molecule has 0 aromatic heterocycles. The lowest BCUT2D eigenvalue weighted by atomic mass is 10.1. The molecular formula is C20H20F3NO3S. The van der Waals surface area contributed by atoms with Gasteiger partial charge in [-0.1, -0.05) is 42.1 Å². The van der Waals surface area contributed by atoms with E-state index in [0.717, 1.165) is 29.5 Å². The molecule has 0 aliphatic carbocycles. The van der Waals surface area contributed by atoms with Crippen LogP contribution in [0.5, 0.6) is 5.75 Å². The molecule has 0 aliphatic heterocycles. The molecule has 28 heavy (non-hydrogen) atoms. The lowest BCUT2D eigenvalue weighted by molar-refractivity contribution is -0.137. The second-order valence-corrected chi connectivity index (χ2v) is 7.01. The highest BCUT2D eigenvalue weighted by Crippen LogP contribution is 2.29. The van der Waals surface area contributed by atoms with Gasteiger partial charge >= 0.3 is 6.18 Å². The predicted octanol–water partition coefficient (Wildman–Crippen LogP) is 3.91. The van der Waals surface area contributed by atoms with Crippen LogP contribution in [-0.2, 0) is 28.6 Å². The first-order chi connectivity index (χ1) is 13.3. The second kappa shape index (κ2) is 10.2. The lowest BCUT2D eigenvalue weighted by Crippen LogP contribution is -2.31. The summed E-state index contributed by atoms with van der Waals surface area (Å²) in [5, 5.41) is 2.02. The van der Waals surface area contributed by atoms with Crippen LogP contribution < -0.4 is 10.1 Å². The molecule has 0 heterocycles. The molecule has 2 aromatic carbocycles. The Morgan fingerprint density at radius 3 is 2.50 bits per heavy atom. The fourth-order valence-corrected chi connectivity index (χ4v) is 3.22. The molecule has 0 saturated heterocycles. The number of amides is 1. The van der Waals surface area contributed by atoms with Gasteiger partial charge in [0.25, 0.3) is 0 Å². The molecule has 0 bridgehead atoms. The molecule has 1 atom stereocenters. The zero-order chi connectivity index (χ0) is 20.6. The number of hydrogen-bond acceptors (Lipinski definition) is 4. The Balaban J connectivity index is 1.89. The Morgan fingerprint density at radius 1 is 1.18 bits per heavy atom. The van der Waals surface area contributed by atoms with Crippen molar-refractivity contribution in [2.75, 3.05) is 13.7 Å². The Hall–Kier alpha value is -2.48. The Bertz CT molecular complexity index is 794. The van der Waals surface area contributed by atoms with E-state index in [1.807, 2.05) is 0 Å². The Labute approximate surface area is 165 Å². The maximum atomic E-state index is 12.7. The highest BCUT2D eigenvalue weighted by molar-refractivity contribution is 8.13. The number of alkyl halides is 3. The maximum absolute atomic E-state index is 12.7. The van der Waals surface area contributed by atoms with Crippen LogP contribution in [0.2, 0.25) is 0 Å². The van der Waals surface area contributed by atoms with E-state index in [1.165, 1.54) is 13.1 Å². The molecule has 0 saturated carbocycles. The van der Waals surface area contributed by atoms with Gasteiger partial charge in [-0.05, 0) is 35.7 Å². The van der Waals surface area contributed by atoms with Gasteiger partial charge in [0.15, 0.2) is 5.62 Å². The van der Waals surface area contributed by atoms with Gasteiger partial charge in [0.1, 0.15) is 5.75 Å². The van der Waals surface area contributed by atoms with Crippen LogP contribution in [0.1, 0.15) is 16.7 Å². The SMILES string of the molecule is CNC(=O)C(Cc1ccc(OCCc2cccc(C(F)(F)F)c2)cc1)SC=O. The minimum atomic E-state index is -4.36. The van der Waals surface area contributed by atoms with Gasteiger partial charge in [-0.2, -0.15) is 13.2 Å². The summed E-state index contributed by atoms with van der Waals surface area (Å²) >= 11 is 0.918. The van der Waals surface area contributed by atoms with Gasteiger partial charge in [0.05, 0.1) is 17.4 Å². The van der Waals surface area contributed by atoms with Gasteiger partial charge in [-0.15, -0.1) is 0 Å². The first-order valence-electron chi connectivity index (χ1n) is 8.52. The first kappa shape index (κ1) is 21.8. The molecule has 2 rings (SSSR count). The van der Waals surface area contributed by atoms with Crippen molar-refractivity contribution >= 4 is 23.3 Å². The van der Waals surface area contributed by atoms with E-state index in [9.17, 15) is 22.8 Å². The van der Waals surface area contributed by atoms with Crippen molar-refractivity contribution in [3.8, 4) is 5.75 Å². The van der Waals surface area contributed by atoms with E-state index in [-0.39, 0.29) is 12.5 Å². The summed E-state index contributed by atoms with van der Waals surface area (Å²) in [7, 11) is 1.52. The van der Waals surface area contributed by atoms with E-state index in [1.54, 1.807) is 30.3 Å². The van der Waals surface area contributed by atoms with Crippen LogP contribution in [0.15, 0.2) is 48.5 Å². The summed E-state index contributed by atoms with van der Waals surface area (Å²) in [4.78, 5) is 22.4. The molecule has 0 aliphatic rings. The van der Waals surface area contributed by atoms with E-state index in [2.05, 4.69) is 5.32 Å². The molecule has 1 N–H and O–H groups in total. The Kier molecular flexibility index (Phi) is 7.92. The predicted molar refractivity (Wildman–Crippen MR) is 103 cm³/mol. The number of halogens is 3. The molecule has 1 amide bonds. The number of thioether (sulfide) groups is 1. The number of ether oxygens (including phenoxy) is 1. The van der Waals surface area contributed by atoms with Crippen molar-refractivity contribution in [2.24, 2.45) is 0 Å². The fraction of sp³-hybridized carbons (Fsp3) is 0.300. The fourth-order valence-electron chi connectivity index (χ4n) is 2.56. The van der Waals surface area contributed by atoms with Crippen LogP contribution in [0.4, 0.5) is 13.2 Å². The quantitative estimate of drug-likeness (QED) is 0.636. The topological polar surface area (TPSA) is 55.4 Å². The highest BCUT2D eigenvalue weighted by Gasteiger charge is 2.30. The molecule has 8 heteroatoms. The monoisotopic (exact) mass is 411 g/mol. The molecule has 0 radical (unpaired) electrons. The first-order valence-corrected chi connectivity index (χ1v) is 9.46. The smallest absolute Gasteiger partial charge is 0.416 e. The summed E-state index contributed by atoms with van der Waals surface area (Å²) < 4.78 is 43.8. The maximum Gasteiger partial charge on any atom is 0.416 e. The number of nitrogens with one attached hydrogen (secondary N) is 1. The molecule has 4 nitrogen and oxygen atoms in total. The van der Waals surface area contributed by atoms with Gasteiger partial charge in [0, 0.05) is 13.5 Å². The van der Waals surface area contributed by atoms with Crippen LogP contribution >= 0.6 is 11.8 Å². The highest BCUT2D eigenvalue weighted by atomic mass is 32.2. The second-order valence-electron chi connectivity index (χ2n) is 5.98. The largest absolute Gasteiger partial charge is 0.493 e. The molecular weight excluding hydrogens is 391 g/mol. The van der Waals surface area contributed by atoms with Crippen molar-refractivity contribution in [3.05, 3.63) is 65.2 Å². The third-order valence-electron chi connectivity index (χ3n) is 4.02. The zero-order valence-electron chi connectivity index (χ0n) is 15.2. The average Bonchev–Trinajstić information content (AvgIpc) is 2.68. The normalized spacial score (nSPS) is 12.3. The van der Waals surface area contributed by atoms with Gasteiger partial charge < -0.3 is 10.1 Å². The third kappa shape index (κ3) is 6.60. The van der Waals surface area contributed by atoms with E-state index < -0.39 is 17.0 Å². The van der Waals surface area contributed by atoms with Crippen molar-refractivity contribution in [2.45, 2.75) is 24.3 Å². The summed E-state index contributed by atoms with van der Waals surface area (Å²) in [6.45, 7) is 0.239. The third-order valence-corrected chi connectivity index (χ3v) is 4.84. The van der Waals surface area contributed by atoms with E-state index >= 15 is 0 Å². The number of carbonyl (C=O) groups excluding carboxylic acids is 2.